The molecule has 0 fully saturated rings. The summed E-state index contributed by atoms with van der Waals surface area (Å²) in [7, 11) is 0. The third-order valence-corrected chi connectivity index (χ3v) is 3.01. The van der Waals surface area contributed by atoms with Crippen LogP contribution in [0.2, 0.25) is 0 Å². The lowest BCUT2D eigenvalue weighted by Gasteiger charge is -2.22. The fraction of sp³-hybridized carbons (Fsp3) is 0.0769. The lowest BCUT2D eigenvalue weighted by atomic mass is 10.2. The van der Waals surface area contributed by atoms with E-state index in [4.69, 9.17) is 0 Å². The Kier molecular flexibility index (Phi) is 4.33. The van der Waals surface area contributed by atoms with E-state index in [1.807, 2.05) is 23.2 Å². The van der Waals surface area contributed by atoms with E-state index in [0.29, 0.717) is 0 Å². The Labute approximate surface area is 114 Å². The lowest BCUT2D eigenvalue weighted by molar-refractivity contribution is 0.627. The topological polar surface area (TPSA) is 15.3 Å². The molecule has 2 aromatic rings. The number of halogens is 2. The minimum Gasteiger partial charge on any atom is -0.295 e. The van der Waals surface area contributed by atoms with E-state index in [9.17, 15) is 4.39 Å². The highest BCUT2D eigenvalue weighted by Gasteiger charge is 2.05. The molecule has 0 radical (unpaired) electrons. The number of hydrogen-bond donors (Lipinski definition) is 1. The molecule has 2 nitrogen and oxygen atoms in total. The number of nitrogens with zero attached hydrogens (tertiary/aromatic N) is 1. The van der Waals surface area contributed by atoms with Crippen molar-refractivity contribution in [1.82, 2.24) is 3.64 Å². The molecule has 2 aromatic carbocycles. The molecular weight excluding hydrogens is 330 g/mol. The van der Waals surface area contributed by atoms with Crippen molar-refractivity contribution in [3.05, 3.63) is 66.0 Å². The molecule has 17 heavy (non-hydrogen) atoms. The van der Waals surface area contributed by atoms with Crippen molar-refractivity contribution >= 4 is 28.6 Å². The molecule has 88 valence electrons. The Balaban J connectivity index is 2.14. The summed E-state index contributed by atoms with van der Waals surface area (Å²) in [5, 5.41) is 1.95. The molecule has 0 aliphatic carbocycles. The second-order valence-electron chi connectivity index (χ2n) is 3.63. The van der Waals surface area contributed by atoms with E-state index >= 15 is 0 Å². The average Bonchev–Trinajstić information content (AvgIpc) is 2.38. The minimum absolute atomic E-state index is 0.220. The Morgan fingerprint density at radius 1 is 1.00 bits per heavy atom. The van der Waals surface area contributed by atoms with Crippen LogP contribution in [0.3, 0.4) is 0 Å². The summed E-state index contributed by atoms with van der Waals surface area (Å²) in [5.74, 6) is -0.220. The van der Waals surface area contributed by atoms with Gasteiger partial charge in [0.2, 0.25) is 0 Å². The van der Waals surface area contributed by atoms with Crippen LogP contribution in [0, 0.1) is 5.82 Å². The maximum atomic E-state index is 12.8. The molecule has 0 saturated carbocycles. The summed E-state index contributed by atoms with van der Waals surface area (Å²) in [4.78, 5) is 0. The van der Waals surface area contributed by atoms with Crippen molar-refractivity contribution < 1.29 is 4.39 Å². The molecule has 0 unspecified atom stereocenters. The molecule has 4 heteroatoms. The van der Waals surface area contributed by atoms with Crippen LogP contribution in [0.1, 0.15) is 5.56 Å². The molecule has 0 bridgehead atoms. The van der Waals surface area contributed by atoms with Gasteiger partial charge in [-0.3, -0.25) is 5.01 Å². The van der Waals surface area contributed by atoms with Crippen molar-refractivity contribution in [2.45, 2.75) is 6.54 Å². The molecule has 0 aromatic heterocycles. The van der Waals surface area contributed by atoms with E-state index in [0.717, 1.165) is 12.2 Å². The summed E-state index contributed by atoms with van der Waals surface area (Å²) >= 11 is 2.07. The van der Waals surface area contributed by atoms with Crippen LogP contribution in [-0.2, 0) is 6.54 Å². The zero-order valence-electron chi connectivity index (χ0n) is 9.11. The third-order valence-electron chi connectivity index (χ3n) is 2.42. The van der Waals surface area contributed by atoms with Crippen molar-refractivity contribution in [3.63, 3.8) is 0 Å². The van der Waals surface area contributed by atoms with E-state index in [-0.39, 0.29) is 5.82 Å². The minimum atomic E-state index is -0.220. The first-order chi connectivity index (χ1) is 8.29. The highest BCUT2D eigenvalue weighted by molar-refractivity contribution is 14.1. The molecule has 0 heterocycles. The van der Waals surface area contributed by atoms with Crippen LogP contribution in [0.25, 0.3) is 0 Å². The average molecular weight is 342 g/mol. The molecule has 2 rings (SSSR count). The SMILES string of the molecule is Fc1ccc(N(Cc2ccccc2)NI)cc1. The van der Waals surface area contributed by atoms with Crippen molar-refractivity contribution in [1.29, 1.82) is 0 Å². The van der Waals surface area contributed by atoms with E-state index in [1.54, 1.807) is 12.1 Å². The van der Waals surface area contributed by atoms with Gasteiger partial charge >= 0.3 is 0 Å². The summed E-state index contributed by atoms with van der Waals surface area (Å²) in [5.41, 5.74) is 2.13. The number of anilines is 1. The molecule has 0 spiro atoms. The smallest absolute Gasteiger partial charge is 0.123 e. The number of nitrogens with one attached hydrogen (secondary N) is 1. The van der Waals surface area contributed by atoms with Crippen molar-refractivity contribution in [2.24, 2.45) is 0 Å². The van der Waals surface area contributed by atoms with Gasteiger partial charge in [0.25, 0.3) is 0 Å². The first kappa shape index (κ1) is 12.3. The first-order valence-corrected chi connectivity index (χ1v) is 6.31. The van der Waals surface area contributed by atoms with Crippen LogP contribution in [0.5, 0.6) is 0 Å². The zero-order valence-corrected chi connectivity index (χ0v) is 11.3. The monoisotopic (exact) mass is 342 g/mol. The van der Waals surface area contributed by atoms with Gasteiger partial charge in [0.1, 0.15) is 5.82 Å². The third kappa shape index (κ3) is 3.41. The Bertz CT molecular complexity index is 459. The summed E-state index contributed by atoms with van der Waals surface area (Å²) < 4.78 is 15.9. The van der Waals surface area contributed by atoms with E-state index in [2.05, 4.69) is 38.6 Å². The van der Waals surface area contributed by atoms with Gasteiger partial charge in [-0.15, -0.1) is 0 Å². The highest BCUT2D eigenvalue weighted by atomic mass is 127. The van der Waals surface area contributed by atoms with Gasteiger partial charge in [-0.05, 0) is 29.8 Å². The number of benzene rings is 2. The summed E-state index contributed by atoms with van der Waals surface area (Å²) in [6.45, 7) is 0.732. The first-order valence-electron chi connectivity index (χ1n) is 5.23. The zero-order chi connectivity index (χ0) is 12.1. The molecule has 0 aliphatic heterocycles. The summed E-state index contributed by atoms with van der Waals surface area (Å²) in [6.07, 6.45) is 0. The quantitative estimate of drug-likeness (QED) is 0.518. The van der Waals surface area contributed by atoms with Gasteiger partial charge in [0.15, 0.2) is 0 Å². The maximum Gasteiger partial charge on any atom is 0.123 e. The number of hydrazine groups is 1. The number of rotatable bonds is 4. The highest BCUT2D eigenvalue weighted by Crippen LogP contribution is 2.16. The van der Waals surface area contributed by atoms with Crippen LogP contribution in [-0.4, -0.2) is 0 Å². The van der Waals surface area contributed by atoms with Gasteiger partial charge in [-0.1, -0.05) is 30.3 Å². The van der Waals surface area contributed by atoms with E-state index < -0.39 is 0 Å². The second kappa shape index (κ2) is 5.97. The van der Waals surface area contributed by atoms with Gasteiger partial charge in [0, 0.05) is 22.9 Å². The Morgan fingerprint density at radius 3 is 2.24 bits per heavy atom. The Hall–Kier alpha value is -1.14. The van der Waals surface area contributed by atoms with Gasteiger partial charge in [0.05, 0.1) is 12.2 Å². The second-order valence-corrected chi connectivity index (χ2v) is 4.12. The lowest BCUT2D eigenvalue weighted by Crippen LogP contribution is -2.30. The summed E-state index contributed by atoms with van der Waals surface area (Å²) in [6, 6.07) is 16.5. The van der Waals surface area contributed by atoms with Crippen LogP contribution in [0.4, 0.5) is 10.1 Å². The van der Waals surface area contributed by atoms with E-state index in [1.165, 1.54) is 17.7 Å². The standard InChI is InChI=1S/C13H12FIN2/c14-12-6-8-13(9-7-12)17(16-15)10-11-4-2-1-3-5-11/h1-9,16H,10H2. The van der Waals surface area contributed by atoms with Gasteiger partial charge < -0.3 is 0 Å². The molecular formula is C13H12FIN2. The predicted octanol–water partition coefficient (Wildman–Crippen LogP) is 3.69. The Morgan fingerprint density at radius 2 is 1.65 bits per heavy atom. The molecule has 0 amide bonds. The van der Waals surface area contributed by atoms with Crippen molar-refractivity contribution in [2.75, 3.05) is 5.01 Å². The molecule has 0 aliphatic rings. The predicted molar refractivity (Wildman–Crippen MR) is 76.2 cm³/mol. The van der Waals surface area contributed by atoms with Crippen LogP contribution >= 0.6 is 22.9 Å². The molecule has 0 saturated heterocycles. The number of hydrogen-bond acceptors (Lipinski definition) is 2. The van der Waals surface area contributed by atoms with Gasteiger partial charge in [-0.2, -0.15) is 3.64 Å². The maximum absolute atomic E-state index is 12.8. The van der Waals surface area contributed by atoms with Crippen LogP contribution in [0.15, 0.2) is 54.6 Å². The van der Waals surface area contributed by atoms with Crippen molar-refractivity contribution in [3.8, 4) is 0 Å². The molecule has 1 N–H and O–H groups in total. The fourth-order valence-electron chi connectivity index (χ4n) is 1.56. The largest absolute Gasteiger partial charge is 0.295 e. The van der Waals surface area contributed by atoms with Crippen LogP contribution < -0.4 is 8.65 Å². The molecule has 0 atom stereocenters. The fourth-order valence-corrected chi connectivity index (χ4v) is 2.01. The van der Waals surface area contributed by atoms with Gasteiger partial charge in [-0.25, -0.2) is 4.39 Å². The normalized spacial score (nSPS) is 10.2.